The number of thiazole rings is 1. The molecule has 17 heavy (non-hydrogen) atoms. The smallest absolute Gasteiger partial charge is 0.0931 e. The van der Waals surface area contributed by atoms with Crippen molar-refractivity contribution in [2.24, 2.45) is 0 Å². The van der Waals surface area contributed by atoms with Crippen molar-refractivity contribution in [3.63, 3.8) is 0 Å². The third-order valence-corrected chi connectivity index (χ3v) is 4.54. The van der Waals surface area contributed by atoms with Crippen LogP contribution in [0.4, 0.5) is 0 Å². The van der Waals surface area contributed by atoms with E-state index in [1.54, 1.807) is 4.88 Å². The van der Waals surface area contributed by atoms with Crippen molar-refractivity contribution in [3.8, 4) is 0 Å². The van der Waals surface area contributed by atoms with E-state index in [9.17, 15) is 0 Å². The van der Waals surface area contributed by atoms with Gasteiger partial charge < -0.3 is 5.32 Å². The summed E-state index contributed by atoms with van der Waals surface area (Å²) in [6, 6.07) is 0.578. The Hall–Kier alpha value is -0.410. The molecule has 2 rings (SSSR count). The average molecular weight is 252 g/mol. The summed E-state index contributed by atoms with van der Waals surface area (Å²) in [4.78, 5) is 6.44. The lowest BCUT2D eigenvalue weighted by molar-refractivity contribution is 0.474. The summed E-state index contributed by atoms with van der Waals surface area (Å²) in [7, 11) is 0. The van der Waals surface area contributed by atoms with Gasteiger partial charge in [-0.05, 0) is 32.1 Å². The third kappa shape index (κ3) is 3.29. The van der Waals surface area contributed by atoms with Gasteiger partial charge in [-0.25, -0.2) is 4.98 Å². The number of hydrogen-bond acceptors (Lipinski definition) is 3. The summed E-state index contributed by atoms with van der Waals surface area (Å²) < 4.78 is 0. The molecule has 0 radical (unpaired) electrons. The molecular formula is C14H24N2S. The van der Waals surface area contributed by atoms with Crippen LogP contribution in [0, 0.1) is 0 Å². The van der Waals surface area contributed by atoms with Crippen LogP contribution in [0.2, 0.25) is 0 Å². The first-order chi connectivity index (χ1) is 8.20. The second-order valence-corrected chi connectivity index (χ2v) is 6.49. The highest BCUT2D eigenvalue weighted by atomic mass is 32.1. The fraction of sp³-hybridized carbons (Fsp3) is 0.786. The van der Waals surface area contributed by atoms with Gasteiger partial charge in [-0.15, -0.1) is 11.3 Å². The lowest BCUT2D eigenvalue weighted by Crippen LogP contribution is -2.29. The zero-order valence-corrected chi connectivity index (χ0v) is 12.1. The summed E-state index contributed by atoms with van der Waals surface area (Å²) in [5.41, 5.74) is 1.41. The van der Waals surface area contributed by atoms with Crippen molar-refractivity contribution in [3.05, 3.63) is 15.6 Å². The third-order valence-electron chi connectivity index (χ3n) is 3.35. The molecule has 0 spiro atoms. The van der Waals surface area contributed by atoms with Crippen molar-refractivity contribution in [2.75, 3.05) is 6.54 Å². The van der Waals surface area contributed by atoms with Gasteiger partial charge in [0.25, 0.3) is 0 Å². The minimum Gasteiger partial charge on any atom is -0.314 e. The summed E-state index contributed by atoms with van der Waals surface area (Å²) >= 11 is 1.96. The number of nitrogens with one attached hydrogen (secondary N) is 1. The van der Waals surface area contributed by atoms with Gasteiger partial charge in [0.05, 0.1) is 10.7 Å². The van der Waals surface area contributed by atoms with Crippen molar-refractivity contribution < 1.29 is 0 Å². The number of fused-ring (bicyclic) bond motifs is 1. The predicted octanol–water partition coefficient (Wildman–Crippen LogP) is 3.51. The molecule has 1 aromatic heterocycles. The van der Waals surface area contributed by atoms with Crippen molar-refractivity contribution in [1.82, 2.24) is 10.3 Å². The quantitative estimate of drug-likeness (QED) is 0.867. The van der Waals surface area contributed by atoms with Gasteiger partial charge >= 0.3 is 0 Å². The molecule has 1 N–H and O–H groups in total. The Morgan fingerprint density at radius 2 is 2.29 bits per heavy atom. The van der Waals surface area contributed by atoms with Gasteiger partial charge in [-0.3, -0.25) is 0 Å². The van der Waals surface area contributed by atoms with Crippen LogP contribution in [0.15, 0.2) is 0 Å². The first-order valence-electron chi connectivity index (χ1n) is 6.92. The van der Waals surface area contributed by atoms with Gasteiger partial charge in [0, 0.05) is 23.4 Å². The molecule has 96 valence electrons. The predicted molar refractivity (Wildman–Crippen MR) is 74.9 cm³/mol. The van der Waals surface area contributed by atoms with E-state index >= 15 is 0 Å². The van der Waals surface area contributed by atoms with E-state index in [4.69, 9.17) is 4.98 Å². The van der Waals surface area contributed by atoms with Crippen molar-refractivity contribution in [2.45, 2.75) is 64.8 Å². The highest BCUT2D eigenvalue weighted by Crippen LogP contribution is 2.34. The molecule has 0 saturated heterocycles. The average Bonchev–Trinajstić information content (AvgIpc) is 2.69. The number of aryl methyl sites for hydroxylation is 2. The largest absolute Gasteiger partial charge is 0.314 e. The van der Waals surface area contributed by atoms with E-state index in [2.05, 4.69) is 26.1 Å². The second-order valence-electron chi connectivity index (χ2n) is 5.32. The Morgan fingerprint density at radius 1 is 1.47 bits per heavy atom. The standard InChI is InChI=1S/C14H24N2S/c1-4-6-13-16-14-11(9-15-10(2)3)7-5-8-12(14)17-13/h10-11,15H,4-9H2,1-3H3. The Balaban J connectivity index is 2.07. The lowest BCUT2D eigenvalue weighted by atomic mass is 9.91. The number of nitrogens with zero attached hydrogens (tertiary/aromatic N) is 1. The molecule has 0 aliphatic heterocycles. The molecule has 3 heteroatoms. The first kappa shape index (κ1) is 13.0. The van der Waals surface area contributed by atoms with Crippen LogP contribution >= 0.6 is 11.3 Å². The first-order valence-corrected chi connectivity index (χ1v) is 7.74. The molecule has 1 atom stereocenters. The van der Waals surface area contributed by atoms with Crippen LogP contribution in [0.5, 0.6) is 0 Å². The van der Waals surface area contributed by atoms with Crippen LogP contribution in [0.3, 0.4) is 0 Å². The number of rotatable bonds is 5. The molecule has 1 aliphatic carbocycles. The van der Waals surface area contributed by atoms with Crippen molar-refractivity contribution >= 4 is 11.3 Å². The second kappa shape index (κ2) is 5.96. The number of aromatic nitrogens is 1. The van der Waals surface area contributed by atoms with Crippen molar-refractivity contribution in [1.29, 1.82) is 0 Å². The molecular weight excluding hydrogens is 228 g/mol. The fourth-order valence-electron chi connectivity index (χ4n) is 2.46. The summed E-state index contributed by atoms with van der Waals surface area (Å²) in [6.07, 6.45) is 6.27. The Labute approximate surface area is 109 Å². The minimum absolute atomic E-state index is 0.578. The van der Waals surface area contributed by atoms with E-state index in [-0.39, 0.29) is 0 Å². The topological polar surface area (TPSA) is 24.9 Å². The molecule has 0 fully saturated rings. The van der Waals surface area contributed by atoms with Gasteiger partial charge in [0.15, 0.2) is 0 Å². The highest BCUT2D eigenvalue weighted by molar-refractivity contribution is 7.11. The summed E-state index contributed by atoms with van der Waals surface area (Å²) in [6.45, 7) is 7.76. The van der Waals surface area contributed by atoms with Crippen LogP contribution in [-0.2, 0) is 12.8 Å². The maximum absolute atomic E-state index is 4.88. The van der Waals surface area contributed by atoms with E-state index < -0.39 is 0 Å². The normalized spacial score (nSPS) is 19.6. The van der Waals surface area contributed by atoms with E-state index in [1.807, 2.05) is 11.3 Å². The molecule has 2 nitrogen and oxygen atoms in total. The summed E-state index contributed by atoms with van der Waals surface area (Å²) in [5, 5.41) is 4.92. The van der Waals surface area contributed by atoms with E-state index in [0.29, 0.717) is 12.0 Å². The van der Waals surface area contributed by atoms with Gasteiger partial charge in [0.1, 0.15) is 0 Å². The van der Waals surface area contributed by atoms with Crippen LogP contribution in [0.1, 0.15) is 61.5 Å². The van der Waals surface area contributed by atoms with Gasteiger partial charge in [-0.1, -0.05) is 20.8 Å². The lowest BCUT2D eigenvalue weighted by Gasteiger charge is -2.22. The monoisotopic (exact) mass is 252 g/mol. The molecule has 1 aliphatic rings. The molecule has 0 aromatic carbocycles. The molecule has 0 amide bonds. The van der Waals surface area contributed by atoms with Gasteiger partial charge in [-0.2, -0.15) is 0 Å². The van der Waals surface area contributed by atoms with E-state index in [1.165, 1.54) is 36.4 Å². The molecule has 1 aromatic rings. The maximum atomic E-state index is 4.88. The molecule has 0 bridgehead atoms. The highest BCUT2D eigenvalue weighted by Gasteiger charge is 2.24. The van der Waals surface area contributed by atoms with Crippen LogP contribution in [-0.4, -0.2) is 17.6 Å². The minimum atomic E-state index is 0.578. The molecule has 0 saturated carbocycles. The van der Waals surface area contributed by atoms with Crippen LogP contribution in [0.25, 0.3) is 0 Å². The summed E-state index contributed by atoms with van der Waals surface area (Å²) in [5.74, 6) is 0.656. The Morgan fingerprint density at radius 3 is 3.00 bits per heavy atom. The number of hydrogen-bond donors (Lipinski definition) is 1. The van der Waals surface area contributed by atoms with E-state index in [0.717, 1.165) is 13.0 Å². The Bertz CT molecular complexity index is 357. The van der Waals surface area contributed by atoms with Gasteiger partial charge in [0.2, 0.25) is 0 Å². The molecule has 1 unspecified atom stereocenters. The zero-order valence-electron chi connectivity index (χ0n) is 11.3. The molecule has 1 heterocycles. The Kier molecular flexibility index (Phi) is 4.57. The zero-order chi connectivity index (χ0) is 12.3. The fourth-order valence-corrected chi connectivity index (χ4v) is 3.75. The van der Waals surface area contributed by atoms with Crippen LogP contribution < -0.4 is 5.32 Å². The SMILES string of the molecule is CCCc1nc2c(s1)CCCC2CNC(C)C. The maximum Gasteiger partial charge on any atom is 0.0931 e.